The monoisotopic (exact) mass is 411 g/mol. The van der Waals surface area contributed by atoms with Crippen molar-refractivity contribution < 1.29 is 13.2 Å². The van der Waals surface area contributed by atoms with Crippen molar-refractivity contribution in [2.45, 2.75) is 18.4 Å². The van der Waals surface area contributed by atoms with Gasteiger partial charge in [-0.3, -0.25) is 4.79 Å². The number of aryl methyl sites for hydroxylation is 1. The van der Waals surface area contributed by atoms with Gasteiger partial charge in [-0.05, 0) is 53.6 Å². The number of nitrogens with two attached hydrogens (primary N) is 1. The maximum absolute atomic E-state index is 12.3. The topological polar surface area (TPSA) is 157 Å². The van der Waals surface area contributed by atoms with Gasteiger partial charge in [0.2, 0.25) is 21.8 Å². The third-order valence-corrected chi connectivity index (χ3v) is 5.58. The summed E-state index contributed by atoms with van der Waals surface area (Å²) in [4.78, 5) is 12.3. The minimum Gasteiger partial charge on any atom is -0.369 e. The highest BCUT2D eigenvalue weighted by molar-refractivity contribution is 7.89. The Morgan fingerprint density at radius 2 is 1.97 bits per heavy atom. The summed E-state index contributed by atoms with van der Waals surface area (Å²) in [5, 5.41) is 21.2. The van der Waals surface area contributed by atoms with Crippen molar-refractivity contribution in [1.29, 1.82) is 5.26 Å². The molecule has 11 heteroatoms. The molecular formula is C18H17N7O3S. The van der Waals surface area contributed by atoms with Crippen molar-refractivity contribution >= 4 is 15.9 Å². The molecule has 0 atom stereocenters. The van der Waals surface area contributed by atoms with Crippen LogP contribution in [0, 0.1) is 18.3 Å². The number of nitrogens with zero attached hydrogens (tertiary/aromatic N) is 5. The second kappa shape index (κ2) is 8.17. The van der Waals surface area contributed by atoms with Crippen molar-refractivity contribution in [3.8, 4) is 17.5 Å². The van der Waals surface area contributed by atoms with Crippen molar-refractivity contribution in [3.05, 3.63) is 59.2 Å². The van der Waals surface area contributed by atoms with Crippen LogP contribution >= 0.6 is 0 Å². The van der Waals surface area contributed by atoms with Gasteiger partial charge >= 0.3 is 0 Å². The van der Waals surface area contributed by atoms with Crippen LogP contribution in [0.3, 0.4) is 0 Å². The van der Waals surface area contributed by atoms with Crippen molar-refractivity contribution in [2.75, 3.05) is 6.54 Å². The Kier molecular flexibility index (Phi) is 5.67. The van der Waals surface area contributed by atoms with Gasteiger partial charge in [-0.2, -0.15) is 10.1 Å². The Hall–Kier alpha value is -3.62. The lowest BCUT2D eigenvalue weighted by atomic mass is 10.1. The van der Waals surface area contributed by atoms with Gasteiger partial charge in [0.25, 0.3) is 0 Å². The summed E-state index contributed by atoms with van der Waals surface area (Å²) in [5.41, 5.74) is 7.52. The number of aromatic nitrogens is 4. The number of carbonyl (C=O) groups excluding carboxylic acids is 1. The van der Waals surface area contributed by atoms with E-state index in [9.17, 15) is 13.2 Å². The van der Waals surface area contributed by atoms with Gasteiger partial charge < -0.3 is 5.73 Å². The average molecular weight is 411 g/mol. The highest BCUT2D eigenvalue weighted by Gasteiger charge is 2.18. The zero-order valence-electron chi connectivity index (χ0n) is 15.4. The molecule has 0 fully saturated rings. The maximum atomic E-state index is 12.3. The Bertz CT molecular complexity index is 1190. The minimum atomic E-state index is -3.86. The molecule has 1 amide bonds. The van der Waals surface area contributed by atoms with E-state index in [0.29, 0.717) is 29.1 Å². The highest BCUT2D eigenvalue weighted by atomic mass is 32.2. The normalized spacial score (nSPS) is 11.2. The van der Waals surface area contributed by atoms with Gasteiger partial charge in [-0.15, -0.1) is 10.2 Å². The SMILES string of the molecule is Cc1cc(-c2nnn(Cc3ccc(C#N)cc3)n2)ccc1S(=O)(=O)NCC(N)=O. The number of hydrogen-bond acceptors (Lipinski definition) is 7. The van der Waals surface area contributed by atoms with E-state index in [4.69, 9.17) is 11.0 Å². The average Bonchev–Trinajstić information content (AvgIpc) is 3.15. The molecule has 29 heavy (non-hydrogen) atoms. The van der Waals surface area contributed by atoms with Crippen LogP contribution in [0.4, 0.5) is 0 Å². The summed E-state index contributed by atoms with van der Waals surface area (Å²) in [6.45, 7) is 1.53. The standard InChI is InChI=1S/C18H17N7O3S/c1-12-8-15(6-7-16(12)29(27,28)21-10-17(20)26)18-22-24-25(23-18)11-14-4-2-13(9-19)3-5-14/h2-8,21H,10-11H2,1H3,(H2,20,26). The van der Waals surface area contributed by atoms with Gasteiger partial charge in [-0.25, -0.2) is 13.1 Å². The number of rotatable bonds is 7. The maximum Gasteiger partial charge on any atom is 0.241 e. The van der Waals surface area contributed by atoms with Crippen LogP contribution in [0.2, 0.25) is 0 Å². The number of hydrogen-bond donors (Lipinski definition) is 2. The zero-order chi connectivity index (χ0) is 21.0. The molecule has 0 radical (unpaired) electrons. The molecule has 0 aliphatic carbocycles. The quantitative estimate of drug-likeness (QED) is 0.567. The van der Waals surface area contributed by atoms with E-state index >= 15 is 0 Å². The number of sulfonamides is 1. The van der Waals surface area contributed by atoms with E-state index in [1.54, 1.807) is 31.2 Å². The Balaban J connectivity index is 1.79. The molecule has 0 saturated heterocycles. The fraction of sp³-hybridized carbons (Fsp3) is 0.167. The third-order valence-electron chi connectivity index (χ3n) is 4.02. The van der Waals surface area contributed by atoms with Crippen LogP contribution < -0.4 is 10.5 Å². The second-order valence-electron chi connectivity index (χ2n) is 6.22. The number of nitriles is 1. The molecule has 0 saturated carbocycles. The van der Waals surface area contributed by atoms with Crippen LogP contribution in [-0.2, 0) is 21.4 Å². The molecule has 0 bridgehead atoms. The number of benzene rings is 2. The first-order valence-electron chi connectivity index (χ1n) is 8.44. The van der Waals surface area contributed by atoms with E-state index < -0.39 is 22.5 Å². The predicted octanol–water partition coefficient (Wildman–Crippen LogP) is 0.332. The summed E-state index contributed by atoms with van der Waals surface area (Å²) in [5.74, 6) is -0.429. The van der Waals surface area contributed by atoms with Gasteiger partial charge in [-0.1, -0.05) is 12.1 Å². The lowest BCUT2D eigenvalue weighted by Gasteiger charge is -2.09. The first-order chi connectivity index (χ1) is 13.8. The van der Waals surface area contributed by atoms with Crippen molar-refractivity contribution in [2.24, 2.45) is 5.73 Å². The van der Waals surface area contributed by atoms with Crippen LogP contribution in [0.25, 0.3) is 11.4 Å². The molecule has 2 aromatic carbocycles. The molecular weight excluding hydrogens is 394 g/mol. The predicted molar refractivity (Wildman–Crippen MR) is 103 cm³/mol. The van der Waals surface area contributed by atoms with Crippen LogP contribution in [0.15, 0.2) is 47.4 Å². The fourth-order valence-electron chi connectivity index (χ4n) is 2.61. The number of nitrogens with one attached hydrogen (secondary N) is 1. The molecule has 0 unspecified atom stereocenters. The summed E-state index contributed by atoms with van der Waals surface area (Å²) in [6.07, 6.45) is 0. The third kappa shape index (κ3) is 4.81. The molecule has 148 valence electrons. The Morgan fingerprint density at radius 3 is 2.59 bits per heavy atom. The summed E-state index contributed by atoms with van der Waals surface area (Å²) in [6, 6.07) is 13.7. The van der Waals surface area contributed by atoms with E-state index in [0.717, 1.165) is 5.56 Å². The largest absolute Gasteiger partial charge is 0.369 e. The lowest BCUT2D eigenvalue weighted by molar-refractivity contribution is -0.116. The molecule has 3 N–H and O–H groups in total. The molecule has 3 rings (SSSR count). The summed E-state index contributed by atoms with van der Waals surface area (Å²) in [7, 11) is -3.86. The smallest absolute Gasteiger partial charge is 0.241 e. The summed E-state index contributed by atoms with van der Waals surface area (Å²) >= 11 is 0. The fourth-order valence-corrected chi connectivity index (χ4v) is 3.83. The number of amides is 1. The number of tetrazole rings is 1. The molecule has 0 aliphatic rings. The lowest BCUT2D eigenvalue weighted by Crippen LogP contribution is -2.33. The molecule has 3 aromatic rings. The molecule has 1 heterocycles. The molecule has 10 nitrogen and oxygen atoms in total. The molecule has 0 aliphatic heterocycles. The van der Waals surface area contributed by atoms with E-state index in [2.05, 4.69) is 26.2 Å². The zero-order valence-corrected chi connectivity index (χ0v) is 16.2. The van der Waals surface area contributed by atoms with Gasteiger partial charge in [0.05, 0.1) is 29.6 Å². The van der Waals surface area contributed by atoms with Gasteiger partial charge in [0, 0.05) is 5.56 Å². The Labute approximate surface area is 167 Å². The number of carbonyl (C=O) groups is 1. The van der Waals surface area contributed by atoms with Gasteiger partial charge in [0.15, 0.2) is 0 Å². The minimum absolute atomic E-state index is 0.0347. The van der Waals surface area contributed by atoms with Gasteiger partial charge in [0.1, 0.15) is 0 Å². The Morgan fingerprint density at radius 1 is 1.24 bits per heavy atom. The number of primary amides is 1. The van der Waals surface area contributed by atoms with E-state index in [1.807, 2.05) is 12.1 Å². The van der Waals surface area contributed by atoms with Crippen LogP contribution in [-0.4, -0.2) is 41.1 Å². The van der Waals surface area contributed by atoms with Crippen LogP contribution in [0.5, 0.6) is 0 Å². The first-order valence-corrected chi connectivity index (χ1v) is 9.92. The highest BCUT2D eigenvalue weighted by Crippen LogP contribution is 2.22. The molecule has 1 aromatic heterocycles. The van der Waals surface area contributed by atoms with Crippen molar-refractivity contribution in [1.82, 2.24) is 24.9 Å². The molecule has 0 spiro atoms. The summed E-state index contributed by atoms with van der Waals surface area (Å²) < 4.78 is 26.7. The van der Waals surface area contributed by atoms with E-state index in [1.165, 1.54) is 10.9 Å². The first kappa shape index (κ1) is 20.1. The van der Waals surface area contributed by atoms with E-state index in [-0.39, 0.29) is 4.90 Å². The second-order valence-corrected chi connectivity index (χ2v) is 7.96. The van der Waals surface area contributed by atoms with Crippen LogP contribution in [0.1, 0.15) is 16.7 Å². The van der Waals surface area contributed by atoms with Crippen molar-refractivity contribution in [3.63, 3.8) is 0 Å².